The minimum Gasteiger partial charge on any atom is -0.486 e. The van der Waals surface area contributed by atoms with Gasteiger partial charge in [0.2, 0.25) is 5.91 Å². The molecule has 1 unspecified atom stereocenters. The van der Waals surface area contributed by atoms with Crippen LogP contribution < -0.4 is 14.8 Å². The highest BCUT2D eigenvalue weighted by Gasteiger charge is 2.26. The van der Waals surface area contributed by atoms with E-state index in [0.29, 0.717) is 31.1 Å². The summed E-state index contributed by atoms with van der Waals surface area (Å²) >= 11 is 1.48. The second-order valence-corrected chi connectivity index (χ2v) is 8.12. The van der Waals surface area contributed by atoms with Crippen molar-refractivity contribution in [3.63, 3.8) is 0 Å². The summed E-state index contributed by atoms with van der Waals surface area (Å²) in [5, 5.41) is 3.01. The molecule has 0 aliphatic carbocycles. The maximum absolute atomic E-state index is 13.0. The summed E-state index contributed by atoms with van der Waals surface area (Å²) in [7, 11) is 0. The molecule has 0 radical (unpaired) electrons. The standard InChI is InChI=1S/C21H24N2O4S/c1-2-20(24)22-15-4-3-9-23(13-15)21(25)19-8-7-18(28-19)14-5-6-16-17(12-14)27-11-10-26-16/h5-8,12,15H,2-4,9-11,13H2,1H3,(H,22,24). The van der Waals surface area contributed by atoms with Gasteiger partial charge in [-0.1, -0.05) is 6.92 Å². The van der Waals surface area contributed by atoms with Crippen LogP contribution in [0.4, 0.5) is 0 Å². The Balaban J connectivity index is 1.46. The van der Waals surface area contributed by atoms with Gasteiger partial charge in [0.25, 0.3) is 5.91 Å². The largest absolute Gasteiger partial charge is 0.486 e. The number of piperidine rings is 1. The molecule has 148 valence electrons. The molecule has 1 saturated heterocycles. The Hall–Kier alpha value is -2.54. The summed E-state index contributed by atoms with van der Waals surface area (Å²) in [5.74, 6) is 1.58. The third-order valence-corrected chi connectivity index (χ3v) is 6.16. The van der Waals surface area contributed by atoms with E-state index in [1.807, 2.05) is 42.2 Å². The SMILES string of the molecule is CCC(=O)NC1CCCN(C(=O)c2ccc(-c3ccc4c(c3)OCCO4)s2)C1. The first-order chi connectivity index (χ1) is 13.6. The van der Waals surface area contributed by atoms with Crippen molar-refractivity contribution in [1.29, 1.82) is 0 Å². The van der Waals surface area contributed by atoms with Crippen LogP contribution in [0.3, 0.4) is 0 Å². The lowest BCUT2D eigenvalue weighted by Gasteiger charge is -2.32. The molecule has 1 atom stereocenters. The fourth-order valence-corrected chi connectivity index (χ4v) is 4.54. The molecule has 2 amide bonds. The topological polar surface area (TPSA) is 67.9 Å². The summed E-state index contributed by atoms with van der Waals surface area (Å²) in [4.78, 5) is 28.2. The summed E-state index contributed by atoms with van der Waals surface area (Å²) in [6.07, 6.45) is 2.29. The first-order valence-corrected chi connectivity index (χ1v) is 10.5. The van der Waals surface area contributed by atoms with Gasteiger partial charge < -0.3 is 19.7 Å². The molecule has 0 bridgehead atoms. The van der Waals surface area contributed by atoms with E-state index in [1.165, 1.54) is 11.3 Å². The Labute approximate surface area is 168 Å². The molecule has 3 heterocycles. The fraction of sp³-hybridized carbons (Fsp3) is 0.429. The molecule has 0 spiro atoms. The first kappa shape index (κ1) is 18.8. The van der Waals surface area contributed by atoms with E-state index >= 15 is 0 Å². The molecule has 1 aromatic heterocycles. The Bertz CT molecular complexity index is 879. The highest BCUT2D eigenvalue weighted by Crippen LogP contribution is 2.37. The second-order valence-electron chi connectivity index (χ2n) is 7.03. The molecule has 2 aliphatic heterocycles. The van der Waals surface area contributed by atoms with Crippen LogP contribution in [0.2, 0.25) is 0 Å². The Kier molecular flexibility index (Phi) is 5.52. The number of nitrogens with one attached hydrogen (secondary N) is 1. The van der Waals surface area contributed by atoms with Crippen molar-refractivity contribution in [2.75, 3.05) is 26.3 Å². The van der Waals surface area contributed by atoms with E-state index in [2.05, 4.69) is 5.32 Å². The van der Waals surface area contributed by atoms with Crippen molar-refractivity contribution < 1.29 is 19.1 Å². The van der Waals surface area contributed by atoms with E-state index in [0.717, 1.165) is 41.3 Å². The van der Waals surface area contributed by atoms with Crippen LogP contribution in [-0.2, 0) is 4.79 Å². The number of amides is 2. The Morgan fingerprint density at radius 1 is 1.18 bits per heavy atom. The number of likely N-dealkylation sites (tertiary alicyclic amines) is 1. The van der Waals surface area contributed by atoms with Crippen molar-refractivity contribution in [2.45, 2.75) is 32.2 Å². The van der Waals surface area contributed by atoms with Gasteiger partial charge in [0.1, 0.15) is 13.2 Å². The van der Waals surface area contributed by atoms with Crippen molar-refractivity contribution in [2.24, 2.45) is 0 Å². The molecule has 4 rings (SSSR count). The van der Waals surface area contributed by atoms with E-state index in [4.69, 9.17) is 9.47 Å². The number of rotatable bonds is 4. The van der Waals surface area contributed by atoms with E-state index in [9.17, 15) is 9.59 Å². The van der Waals surface area contributed by atoms with Crippen LogP contribution >= 0.6 is 11.3 Å². The van der Waals surface area contributed by atoms with Crippen molar-refractivity contribution >= 4 is 23.2 Å². The zero-order valence-corrected chi connectivity index (χ0v) is 16.7. The number of nitrogens with zero attached hydrogens (tertiary/aromatic N) is 1. The zero-order chi connectivity index (χ0) is 19.5. The molecular weight excluding hydrogens is 376 g/mol. The molecule has 1 aromatic carbocycles. The highest BCUT2D eigenvalue weighted by molar-refractivity contribution is 7.17. The first-order valence-electron chi connectivity index (χ1n) is 9.72. The van der Waals surface area contributed by atoms with Gasteiger partial charge in [0.05, 0.1) is 4.88 Å². The summed E-state index contributed by atoms with van der Waals surface area (Å²) in [6, 6.07) is 9.77. The number of thiophene rings is 1. The van der Waals surface area contributed by atoms with Gasteiger partial charge in [-0.25, -0.2) is 0 Å². The number of ether oxygens (including phenoxy) is 2. The quantitative estimate of drug-likeness (QED) is 0.855. The maximum atomic E-state index is 13.0. The molecule has 0 saturated carbocycles. The number of benzene rings is 1. The number of fused-ring (bicyclic) bond motifs is 1. The van der Waals surface area contributed by atoms with Crippen molar-refractivity contribution in [3.8, 4) is 21.9 Å². The molecule has 7 heteroatoms. The average Bonchev–Trinajstić information content (AvgIpc) is 3.23. The minimum atomic E-state index is 0.0317. The van der Waals surface area contributed by atoms with Gasteiger partial charge in [-0.3, -0.25) is 9.59 Å². The third-order valence-electron chi connectivity index (χ3n) is 5.04. The van der Waals surface area contributed by atoms with Crippen LogP contribution in [-0.4, -0.2) is 49.1 Å². The zero-order valence-electron chi connectivity index (χ0n) is 15.9. The fourth-order valence-electron chi connectivity index (χ4n) is 3.57. The van der Waals surface area contributed by atoms with Gasteiger partial charge in [0.15, 0.2) is 11.5 Å². The van der Waals surface area contributed by atoms with Crippen LogP contribution in [0.5, 0.6) is 11.5 Å². The Morgan fingerprint density at radius 3 is 2.82 bits per heavy atom. The van der Waals surface area contributed by atoms with Crippen molar-refractivity contribution in [1.82, 2.24) is 10.2 Å². The van der Waals surface area contributed by atoms with E-state index < -0.39 is 0 Å². The van der Waals surface area contributed by atoms with E-state index in [1.54, 1.807) is 0 Å². The highest BCUT2D eigenvalue weighted by atomic mass is 32.1. The van der Waals surface area contributed by atoms with Crippen LogP contribution in [0.15, 0.2) is 30.3 Å². The lowest BCUT2D eigenvalue weighted by molar-refractivity contribution is -0.121. The summed E-state index contributed by atoms with van der Waals surface area (Å²) < 4.78 is 11.2. The third kappa shape index (κ3) is 3.99. The number of hydrogen-bond donors (Lipinski definition) is 1. The monoisotopic (exact) mass is 400 g/mol. The maximum Gasteiger partial charge on any atom is 0.264 e. The molecule has 1 fully saturated rings. The number of carbonyl (C=O) groups excluding carboxylic acids is 2. The van der Waals surface area contributed by atoms with Gasteiger partial charge >= 0.3 is 0 Å². The lowest BCUT2D eigenvalue weighted by atomic mass is 10.1. The average molecular weight is 401 g/mol. The van der Waals surface area contributed by atoms with E-state index in [-0.39, 0.29) is 17.9 Å². The minimum absolute atomic E-state index is 0.0317. The van der Waals surface area contributed by atoms with Gasteiger partial charge in [-0.05, 0) is 48.7 Å². The van der Waals surface area contributed by atoms with Crippen LogP contribution in [0.25, 0.3) is 10.4 Å². The van der Waals surface area contributed by atoms with Gasteiger partial charge in [0, 0.05) is 30.4 Å². The molecule has 28 heavy (non-hydrogen) atoms. The summed E-state index contributed by atoms with van der Waals surface area (Å²) in [5.41, 5.74) is 1.01. The van der Waals surface area contributed by atoms with Crippen molar-refractivity contribution in [3.05, 3.63) is 35.2 Å². The molecule has 6 nitrogen and oxygen atoms in total. The molecule has 2 aromatic rings. The van der Waals surface area contributed by atoms with Crippen LogP contribution in [0.1, 0.15) is 35.9 Å². The molecule has 1 N–H and O–H groups in total. The molecular formula is C21H24N2O4S. The normalized spacial score (nSPS) is 18.6. The second kappa shape index (κ2) is 8.22. The number of hydrogen-bond acceptors (Lipinski definition) is 5. The molecule has 2 aliphatic rings. The van der Waals surface area contributed by atoms with Gasteiger partial charge in [-0.15, -0.1) is 11.3 Å². The Morgan fingerprint density at radius 2 is 2.00 bits per heavy atom. The predicted molar refractivity (Wildman–Crippen MR) is 108 cm³/mol. The predicted octanol–water partition coefficient (Wildman–Crippen LogP) is 3.32. The van der Waals surface area contributed by atoms with Gasteiger partial charge in [-0.2, -0.15) is 0 Å². The summed E-state index contributed by atoms with van der Waals surface area (Å²) in [6.45, 7) is 4.26. The smallest absolute Gasteiger partial charge is 0.264 e. The van der Waals surface area contributed by atoms with Crippen LogP contribution in [0, 0.1) is 0 Å². The lowest BCUT2D eigenvalue weighted by Crippen LogP contribution is -2.49. The number of carbonyl (C=O) groups is 2.